The summed E-state index contributed by atoms with van der Waals surface area (Å²) >= 11 is 0. The van der Waals surface area contributed by atoms with Crippen molar-refractivity contribution in [2.24, 2.45) is 0 Å². The molecule has 0 atom stereocenters. The molecule has 0 aliphatic heterocycles. The Hall–Kier alpha value is -1.76. The molecule has 0 N–H and O–H groups in total. The normalized spacial score (nSPS) is 9.79. The lowest BCUT2D eigenvalue weighted by molar-refractivity contribution is 1.21. The molecule has 0 fully saturated rings. The van der Waals surface area contributed by atoms with Crippen molar-refractivity contribution in [3.05, 3.63) is 60.7 Å². The summed E-state index contributed by atoms with van der Waals surface area (Å²) in [5, 5.41) is 0. The lowest BCUT2D eigenvalue weighted by Gasteiger charge is -2.18. The first kappa shape index (κ1) is 8.82. The van der Waals surface area contributed by atoms with Gasteiger partial charge in [0.25, 0.3) is 0 Å². The minimum absolute atomic E-state index is 1.21. The molecule has 0 radical (unpaired) electrons. The fourth-order valence-corrected chi connectivity index (χ4v) is 1.45. The smallest absolute Gasteiger partial charge is 0.0408 e. The molecule has 2 rings (SSSR count). The van der Waals surface area contributed by atoms with Crippen molar-refractivity contribution in [3.8, 4) is 0 Å². The minimum atomic E-state index is 1.21. The molecule has 2 aromatic carbocycles. The molecule has 0 unspecified atom stereocenters. The summed E-state index contributed by atoms with van der Waals surface area (Å²) in [4.78, 5) is 2.17. The van der Waals surface area contributed by atoms with Gasteiger partial charge >= 0.3 is 0 Å². The van der Waals surface area contributed by atoms with Gasteiger partial charge in [-0.15, -0.1) is 0 Å². The average Bonchev–Trinajstić information content (AvgIpc) is 2.30. The van der Waals surface area contributed by atoms with Gasteiger partial charge in [0.2, 0.25) is 0 Å². The van der Waals surface area contributed by atoms with Crippen LogP contribution in [0.15, 0.2) is 60.7 Å². The van der Waals surface area contributed by atoms with Gasteiger partial charge in [0.1, 0.15) is 0 Å². The molecule has 0 aliphatic rings. The van der Waals surface area contributed by atoms with E-state index in [1.807, 2.05) is 12.1 Å². The fourth-order valence-electron chi connectivity index (χ4n) is 1.45. The standard InChI is InChI=1S/C13H13N/c1-14(12-8-4-2-5-9-12)13-10-6-3-7-11-13/h2-11H,1H3. The second-order valence-corrected chi connectivity index (χ2v) is 3.23. The Bertz CT molecular complexity index is 341. The molecule has 2 aromatic rings. The zero-order chi connectivity index (χ0) is 9.80. The van der Waals surface area contributed by atoms with Crippen LogP contribution in [0.4, 0.5) is 11.4 Å². The highest BCUT2D eigenvalue weighted by atomic mass is 15.1. The van der Waals surface area contributed by atoms with Gasteiger partial charge in [-0.25, -0.2) is 0 Å². The molecule has 0 heterocycles. The van der Waals surface area contributed by atoms with Gasteiger partial charge in [0, 0.05) is 18.4 Å². The number of hydrogen-bond acceptors (Lipinski definition) is 1. The van der Waals surface area contributed by atoms with Crippen LogP contribution in [0.25, 0.3) is 0 Å². The Morgan fingerprint density at radius 1 is 0.643 bits per heavy atom. The Kier molecular flexibility index (Phi) is 2.50. The van der Waals surface area contributed by atoms with Gasteiger partial charge in [0.05, 0.1) is 0 Å². The van der Waals surface area contributed by atoms with Gasteiger partial charge in [-0.05, 0) is 24.3 Å². The third-order valence-corrected chi connectivity index (χ3v) is 2.29. The second kappa shape index (κ2) is 3.97. The third-order valence-electron chi connectivity index (χ3n) is 2.29. The van der Waals surface area contributed by atoms with Crippen molar-refractivity contribution in [1.29, 1.82) is 0 Å². The number of benzene rings is 2. The minimum Gasteiger partial charge on any atom is -0.345 e. The molecule has 1 heteroatoms. The quantitative estimate of drug-likeness (QED) is 0.689. The Morgan fingerprint density at radius 3 is 1.36 bits per heavy atom. The fraction of sp³-hybridized carbons (Fsp3) is 0.0769. The van der Waals surface area contributed by atoms with E-state index in [2.05, 4.69) is 60.5 Å². The van der Waals surface area contributed by atoms with Gasteiger partial charge in [-0.1, -0.05) is 36.4 Å². The van der Waals surface area contributed by atoms with Crippen LogP contribution in [0.1, 0.15) is 0 Å². The highest BCUT2D eigenvalue weighted by Crippen LogP contribution is 2.21. The molecule has 1 nitrogen and oxygen atoms in total. The predicted molar refractivity (Wildman–Crippen MR) is 60.9 cm³/mol. The van der Waals surface area contributed by atoms with Gasteiger partial charge in [-0.2, -0.15) is 0 Å². The molecular formula is C13H13N. The van der Waals surface area contributed by atoms with Crippen LogP contribution in [0.5, 0.6) is 0 Å². The highest BCUT2D eigenvalue weighted by Gasteiger charge is 2.00. The van der Waals surface area contributed by atoms with Crippen molar-refractivity contribution in [3.63, 3.8) is 0 Å². The predicted octanol–water partition coefficient (Wildman–Crippen LogP) is 3.45. The summed E-state index contributed by atoms with van der Waals surface area (Å²) in [5.74, 6) is 0. The van der Waals surface area contributed by atoms with Crippen LogP contribution in [-0.4, -0.2) is 7.05 Å². The number of nitrogens with zero attached hydrogens (tertiary/aromatic N) is 1. The van der Waals surface area contributed by atoms with Crippen molar-refractivity contribution in [2.75, 3.05) is 11.9 Å². The molecular weight excluding hydrogens is 170 g/mol. The lowest BCUT2D eigenvalue weighted by atomic mass is 10.2. The van der Waals surface area contributed by atoms with Gasteiger partial charge < -0.3 is 4.90 Å². The van der Waals surface area contributed by atoms with E-state index < -0.39 is 0 Å². The van der Waals surface area contributed by atoms with Crippen molar-refractivity contribution < 1.29 is 0 Å². The van der Waals surface area contributed by atoms with Crippen LogP contribution >= 0.6 is 0 Å². The van der Waals surface area contributed by atoms with Crippen LogP contribution in [-0.2, 0) is 0 Å². The number of para-hydroxylation sites is 2. The highest BCUT2D eigenvalue weighted by molar-refractivity contribution is 5.61. The van der Waals surface area contributed by atoms with Crippen molar-refractivity contribution in [2.45, 2.75) is 0 Å². The zero-order valence-corrected chi connectivity index (χ0v) is 8.22. The lowest BCUT2D eigenvalue weighted by Crippen LogP contribution is -2.08. The average molecular weight is 183 g/mol. The SMILES string of the molecule is CN(c1ccccc1)c1ccccc1. The molecule has 0 spiro atoms. The Balaban J connectivity index is 2.30. The molecule has 0 saturated heterocycles. The van der Waals surface area contributed by atoms with E-state index >= 15 is 0 Å². The molecule has 0 aliphatic carbocycles. The van der Waals surface area contributed by atoms with Crippen molar-refractivity contribution in [1.82, 2.24) is 0 Å². The second-order valence-electron chi connectivity index (χ2n) is 3.23. The maximum absolute atomic E-state index is 2.17. The molecule has 0 aromatic heterocycles. The number of rotatable bonds is 2. The largest absolute Gasteiger partial charge is 0.345 e. The van der Waals surface area contributed by atoms with E-state index in [1.54, 1.807) is 0 Å². The molecule has 0 amide bonds. The molecule has 0 saturated carbocycles. The molecule has 0 bridgehead atoms. The van der Waals surface area contributed by atoms with Crippen LogP contribution in [0.3, 0.4) is 0 Å². The van der Waals surface area contributed by atoms with E-state index in [4.69, 9.17) is 0 Å². The van der Waals surface area contributed by atoms with Gasteiger partial charge in [0.15, 0.2) is 0 Å². The summed E-state index contributed by atoms with van der Waals surface area (Å²) < 4.78 is 0. The number of hydrogen-bond donors (Lipinski definition) is 0. The molecule has 70 valence electrons. The van der Waals surface area contributed by atoms with E-state index in [-0.39, 0.29) is 0 Å². The van der Waals surface area contributed by atoms with E-state index in [9.17, 15) is 0 Å². The Labute approximate surface area is 84.6 Å². The first-order valence-electron chi connectivity index (χ1n) is 4.72. The summed E-state index contributed by atoms with van der Waals surface area (Å²) in [6.45, 7) is 0. The Morgan fingerprint density at radius 2 is 1.00 bits per heavy atom. The van der Waals surface area contributed by atoms with E-state index in [0.29, 0.717) is 0 Å². The first-order chi connectivity index (χ1) is 6.88. The maximum Gasteiger partial charge on any atom is 0.0408 e. The maximum atomic E-state index is 2.17. The van der Waals surface area contributed by atoms with E-state index in [0.717, 1.165) is 0 Å². The molecule has 14 heavy (non-hydrogen) atoms. The number of anilines is 2. The monoisotopic (exact) mass is 183 g/mol. The van der Waals surface area contributed by atoms with Crippen LogP contribution in [0, 0.1) is 0 Å². The van der Waals surface area contributed by atoms with E-state index in [1.165, 1.54) is 11.4 Å². The summed E-state index contributed by atoms with van der Waals surface area (Å²) in [7, 11) is 2.07. The van der Waals surface area contributed by atoms with Crippen LogP contribution in [0.2, 0.25) is 0 Å². The first-order valence-corrected chi connectivity index (χ1v) is 4.72. The topological polar surface area (TPSA) is 3.24 Å². The van der Waals surface area contributed by atoms with Gasteiger partial charge in [-0.3, -0.25) is 0 Å². The summed E-state index contributed by atoms with van der Waals surface area (Å²) in [6.07, 6.45) is 0. The van der Waals surface area contributed by atoms with Crippen molar-refractivity contribution >= 4 is 11.4 Å². The zero-order valence-electron chi connectivity index (χ0n) is 8.22. The summed E-state index contributed by atoms with van der Waals surface area (Å²) in [5.41, 5.74) is 2.41. The third kappa shape index (κ3) is 1.77. The van der Waals surface area contributed by atoms with Crippen LogP contribution < -0.4 is 4.90 Å². The summed E-state index contributed by atoms with van der Waals surface area (Å²) in [6, 6.07) is 20.7.